The molecule has 5 nitrogen and oxygen atoms in total. The van der Waals surface area contributed by atoms with Crippen LogP contribution >= 0.6 is 0 Å². The Balaban J connectivity index is 2.55. The second kappa shape index (κ2) is 4.08. The van der Waals surface area contributed by atoms with Crippen LogP contribution in [0.25, 0.3) is 5.69 Å². The molecule has 0 aliphatic carbocycles. The highest BCUT2D eigenvalue weighted by Crippen LogP contribution is 2.20. The first-order valence-corrected chi connectivity index (χ1v) is 5.49. The van der Waals surface area contributed by atoms with E-state index in [9.17, 15) is 4.79 Å². The van der Waals surface area contributed by atoms with Gasteiger partial charge >= 0.3 is 5.97 Å². The molecule has 2 heterocycles. The van der Waals surface area contributed by atoms with Gasteiger partial charge in [-0.25, -0.2) is 4.79 Å². The summed E-state index contributed by atoms with van der Waals surface area (Å²) in [6.07, 6.45) is 3.65. The maximum absolute atomic E-state index is 11.0. The zero-order chi connectivity index (χ0) is 12.6. The molecule has 5 heteroatoms. The number of carbonyl (C=O) groups is 1. The highest BCUT2D eigenvalue weighted by Gasteiger charge is 2.16. The van der Waals surface area contributed by atoms with Crippen molar-refractivity contribution in [3.8, 4) is 5.69 Å². The number of aryl methyl sites for hydroxylation is 2. The van der Waals surface area contributed by atoms with E-state index in [0.717, 1.165) is 23.6 Å². The minimum Gasteiger partial charge on any atom is -0.478 e. The summed E-state index contributed by atoms with van der Waals surface area (Å²) in [5, 5.41) is 13.3. The number of rotatable bonds is 3. The summed E-state index contributed by atoms with van der Waals surface area (Å²) in [6, 6.07) is 1.68. The topological polar surface area (TPSA) is 60.0 Å². The first-order valence-electron chi connectivity index (χ1n) is 5.49. The molecule has 17 heavy (non-hydrogen) atoms. The fraction of sp³-hybridized carbons (Fsp3) is 0.333. The van der Waals surface area contributed by atoms with E-state index in [1.165, 1.54) is 0 Å². The van der Waals surface area contributed by atoms with Crippen molar-refractivity contribution >= 4 is 5.97 Å². The maximum atomic E-state index is 11.0. The molecule has 0 saturated heterocycles. The third-order valence-electron chi connectivity index (χ3n) is 2.86. The molecule has 0 fully saturated rings. The van der Waals surface area contributed by atoms with E-state index in [-0.39, 0.29) is 0 Å². The van der Waals surface area contributed by atoms with Crippen LogP contribution in [-0.4, -0.2) is 25.4 Å². The lowest BCUT2D eigenvalue weighted by atomic mass is 10.2. The van der Waals surface area contributed by atoms with Gasteiger partial charge in [0, 0.05) is 24.1 Å². The molecular weight excluding hydrogens is 218 g/mol. The lowest BCUT2D eigenvalue weighted by Crippen LogP contribution is -2.01. The highest BCUT2D eigenvalue weighted by atomic mass is 16.4. The van der Waals surface area contributed by atoms with Gasteiger partial charge in [0.15, 0.2) is 0 Å². The smallest absolute Gasteiger partial charge is 0.337 e. The Hall–Kier alpha value is -2.04. The van der Waals surface area contributed by atoms with Gasteiger partial charge in [-0.05, 0) is 26.8 Å². The van der Waals surface area contributed by atoms with Crippen LogP contribution in [0.4, 0.5) is 0 Å². The van der Waals surface area contributed by atoms with Crippen molar-refractivity contribution < 1.29 is 9.90 Å². The third kappa shape index (κ3) is 1.84. The molecule has 90 valence electrons. The average molecular weight is 233 g/mol. The van der Waals surface area contributed by atoms with E-state index in [1.54, 1.807) is 19.2 Å². The van der Waals surface area contributed by atoms with Crippen molar-refractivity contribution in [2.24, 2.45) is 0 Å². The molecule has 2 rings (SSSR count). The van der Waals surface area contributed by atoms with Crippen LogP contribution in [0.5, 0.6) is 0 Å². The molecule has 0 aliphatic heterocycles. The molecule has 0 bridgehead atoms. The van der Waals surface area contributed by atoms with Gasteiger partial charge in [-0.1, -0.05) is 0 Å². The van der Waals surface area contributed by atoms with E-state index in [2.05, 4.69) is 5.10 Å². The summed E-state index contributed by atoms with van der Waals surface area (Å²) in [4.78, 5) is 11.0. The molecule has 0 atom stereocenters. The number of carboxylic acids is 1. The van der Waals surface area contributed by atoms with Gasteiger partial charge in [-0.2, -0.15) is 5.10 Å². The Morgan fingerprint density at radius 2 is 2.18 bits per heavy atom. The van der Waals surface area contributed by atoms with E-state index >= 15 is 0 Å². The largest absolute Gasteiger partial charge is 0.478 e. The van der Waals surface area contributed by atoms with E-state index in [0.29, 0.717) is 5.56 Å². The maximum Gasteiger partial charge on any atom is 0.337 e. The fourth-order valence-corrected chi connectivity index (χ4v) is 2.02. The first kappa shape index (κ1) is 11.4. The minimum absolute atomic E-state index is 0.340. The summed E-state index contributed by atoms with van der Waals surface area (Å²) < 4.78 is 3.72. The van der Waals surface area contributed by atoms with Crippen molar-refractivity contribution in [2.75, 3.05) is 0 Å². The second-order valence-electron chi connectivity index (χ2n) is 3.98. The van der Waals surface area contributed by atoms with Gasteiger partial charge in [0.1, 0.15) is 0 Å². The zero-order valence-electron chi connectivity index (χ0n) is 10.1. The molecule has 0 unspecified atom stereocenters. The molecule has 1 N–H and O–H groups in total. The Kier molecular flexibility index (Phi) is 2.75. The Bertz CT molecular complexity index is 566. The van der Waals surface area contributed by atoms with Crippen LogP contribution in [0.2, 0.25) is 0 Å². The third-order valence-corrected chi connectivity index (χ3v) is 2.86. The van der Waals surface area contributed by atoms with Gasteiger partial charge in [0.05, 0.1) is 17.4 Å². The predicted molar refractivity (Wildman–Crippen MR) is 63.7 cm³/mol. The monoisotopic (exact) mass is 233 g/mol. The molecular formula is C12H15N3O2. The van der Waals surface area contributed by atoms with Crippen molar-refractivity contribution in [1.82, 2.24) is 14.3 Å². The van der Waals surface area contributed by atoms with Crippen LogP contribution in [0.3, 0.4) is 0 Å². The predicted octanol–water partition coefficient (Wildman–Crippen LogP) is 2.01. The molecule has 0 radical (unpaired) electrons. The summed E-state index contributed by atoms with van der Waals surface area (Å²) in [5.74, 6) is -0.896. The molecule has 0 aliphatic rings. The van der Waals surface area contributed by atoms with Crippen molar-refractivity contribution in [3.05, 3.63) is 35.4 Å². The van der Waals surface area contributed by atoms with Crippen LogP contribution in [0.1, 0.15) is 28.7 Å². The van der Waals surface area contributed by atoms with Crippen molar-refractivity contribution in [2.45, 2.75) is 27.3 Å². The van der Waals surface area contributed by atoms with Gasteiger partial charge in [-0.15, -0.1) is 0 Å². The normalized spacial score (nSPS) is 10.8. The number of aromatic carboxylic acids is 1. The van der Waals surface area contributed by atoms with Gasteiger partial charge < -0.3 is 9.67 Å². The standard InChI is InChI=1S/C12H15N3O2/c1-4-14-7-10(6-13-14)15-8(2)5-11(9(15)3)12(16)17/h5-7H,4H2,1-3H3,(H,16,17). The molecule has 0 spiro atoms. The molecule has 0 aromatic carbocycles. The summed E-state index contributed by atoms with van der Waals surface area (Å²) in [7, 11) is 0. The van der Waals surface area contributed by atoms with Gasteiger partial charge in [0.25, 0.3) is 0 Å². The summed E-state index contributed by atoms with van der Waals surface area (Å²) in [5.41, 5.74) is 2.86. The molecule has 2 aromatic rings. The molecule has 2 aromatic heterocycles. The van der Waals surface area contributed by atoms with Crippen molar-refractivity contribution in [3.63, 3.8) is 0 Å². The Labute approximate surface area is 99.3 Å². The quantitative estimate of drug-likeness (QED) is 0.882. The second-order valence-corrected chi connectivity index (χ2v) is 3.98. The lowest BCUT2D eigenvalue weighted by molar-refractivity contribution is 0.0696. The van der Waals surface area contributed by atoms with Crippen LogP contribution in [-0.2, 0) is 6.54 Å². The Morgan fingerprint density at radius 3 is 2.65 bits per heavy atom. The van der Waals surface area contributed by atoms with Crippen LogP contribution in [0.15, 0.2) is 18.5 Å². The van der Waals surface area contributed by atoms with E-state index in [1.807, 2.05) is 29.3 Å². The number of hydrogen-bond acceptors (Lipinski definition) is 2. The van der Waals surface area contributed by atoms with E-state index in [4.69, 9.17) is 5.11 Å². The molecule has 0 amide bonds. The highest BCUT2D eigenvalue weighted by molar-refractivity contribution is 5.89. The fourth-order valence-electron chi connectivity index (χ4n) is 2.02. The summed E-state index contributed by atoms with van der Waals surface area (Å²) in [6.45, 7) is 6.50. The average Bonchev–Trinajstić information content (AvgIpc) is 2.83. The number of aromatic nitrogens is 3. The zero-order valence-corrected chi connectivity index (χ0v) is 10.1. The van der Waals surface area contributed by atoms with Gasteiger partial charge in [0.2, 0.25) is 0 Å². The Morgan fingerprint density at radius 1 is 1.47 bits per heavy atom. The van der Waals surface area contributed by atoms with E-state index < -0.39 is 5.97 Å². The van der Waals surface area contributed by atoms with Crippen molar-refractivity contribution in [1.29, 1.82) is 0 Å². The SMILES string of the molecule is CCn1cc(-n2c(C)cc(C(=O)O)c2C)cn1. The van der Waals surface area contributed by atoms with Gasteiger partial charge in [-0.3, -0.25) is 4.68 Å². The number of hydrogen-bond donors (Lipinski definition) is 1. The number of carboxylic acid groups (broad SMARTS) is 1. The summed E-state index contributed by atoms with van der Waals surface area (Å²) >= 11 is 0. The molecule has 0 saturated carbocycles. The lowest BCUT2D eigenvalue weighted by Gasteiger charge is -2.05. The first-order chi connectivity index (χ1) is 8.04. The van der Waals surface area contributed by atoms with Crippen LogP contribution in [0, 0.1) is 13.8 Å². The van der Waals surface area contributed by atoms with Crippen LogP contribution < -0.4 is 0 Å². The minimum atomic E-state index is -0.896. The number of nitrogens with zero attached hydrogens (tertiary/aromatic N) is 3.